The first kappa shape index (κ1) is 13.7. The highest BCUT2D eigenvalue weighted by Crippen LogP contribution is 2.14. The highest BCUT2D eigenvalue weighted by Gasteiger charge is 1.95. The van der Waals surface area contributed by atoms with Crippen LogP contribution in [-0.2, 0) is 0 Å². The van der Waals surface area contributed by atoms with E-state index in [-0.39, 0.29) is 10.8 Å². The average Bonchev–Trinajstić information content (AvgIpc) is 2.13. The van der Waals surface area contributed by atoms with Crippen molar-refractivity contribution in [2.24, 2.45) is 10.7 Å². The van der Waals surface area contributed by atoms with Gasteiger partial charge in [-0.25, -0.2) is 9.38 Å². The van der Waals surface area contributed by atoms with Crippen LogP contribution in [0.1, 0.15) is 12.5 Å². The SMILES string of the molecule is C=CN=C(C)N.Cc1ccc(F)c(Cl)c1. The number of nitrogens with zero attached hydrogens (tertiary/aromatic N) is 1. The maximum Gasteiger partial charge on any atom is 0.141 e. The van der Waals surface area contributed by atoms with Crippen molar-refractivity contribution in [2.75, 3.05) is 0 Å². The van der Waals surface area contributed by atoms with Crippen molar-refractivity contribution >= 4 is 17.4 Å². The third-order valence-electron chi connectivity index (χ3n) is 1.37. The molecule has 4 heteroatoms. The minimum Gasteiger partial charge on any atom is -0.387 e. The van der Waals surface area contributed by atoms with Gasteiger partial charge in [0.15, 0.2) is 0 Å². The van der Waals surface area contributed by atoms with E-state index >= 15 is 0 Å². The molecule has 15 heavy (non-hydrogen) atoms. The Hall–Kier alpha value is -1.35. The molecule has 0 aromatic heterocycles. The van der Waals surface area contributed by atoms with Gasteiger partial charge in [0.25, 0.3) is 0 Å². The van der Waals surface area contributed by atoms with Crippen LogP contribution in [0, 0.1) is 12.7 Å². The third-order valence-corrected chi connectivity index (χ3v) is 1.66. The maximum absolute atomic E-state index is 12.4. The second-order valence-corrected chi connectivity index (χ2v) is 3.28. The lowest BCUT2D eigenvalue weighted by atomic mass is 10.2. The van der Waals surface area contributed by atoms with Gasteiger partial charge in [-0.2, -0.15) is 0 Å². The molecular formula is C11H14ClFN2. The summed E-state index contributed by atoms with van der Waals surface area (Å²) >= 11 is 5.44. The molecule has 82 valence electrons. The lowest BCUT2D eigenvalue weighted by molar-refractivity contribution is 0.628. The molecule has 0 fully saturated rings. The molecule has 0 aliphatic heterocycles. The van der Waals surface area contributed by atoms with Crippen LogP contribution in [-0.4, -0.2) is 5.84 Å². The molecule has 1 aromatic rings. The number of hydrogen-bond donors (Lipinski definition) is 1. The van der Waals surface area contributed by atoms with Gasteiger partial charge in [-0.1, -0.05) is 24.2 Å². The van der Waals surface area contributed by atoms with Gasteiger partial charge in [0.05, 0.1) is 10.9 Å². The summed E-state index contributed by atoms with van der Waals surface area (Å²) in [5, 5.41) is 0.190. The van der Waals surface area contributed by atoms with E-state index in [2.05, 4.69) is 11.6 Å². The van der Waals surface area contributed by atoms with Gasteiger partial charge >= 0.3 is 0 Å². The molecule has 0 saturated heterocycles. The fourth-order valence-electron chi connectivity index (χ4n) is 0.745. The molecule has 2 N–H and O–H groups in total. The van der Waals surface area contributed by atoms with Gasteiger partial charge in [0.2, 0.25) is 0 Å². The topological polar surface area (TPSA) is 38.4 Å². The van der Waals surface area contributed by atoms with Gasteiger partial charge in [-0.15, -0.1) is 0 Å². The Kier molecular flexibility index (Phi) is 6.38. The van der Waals surface area contributed by atoms with Crippen LogP contribution in [0.4, 0.5) is 4.39 Å². The lowest BCUT2D eigenvalue weighted by Crippen LogP contribution is -2.03. The Bertz CT molecular complexity index is 358. The van der Waals surface area contributed by atoms with E-state index in [1.54, 1.807) is 19.1 Å². The van der Waals surface area contributed by atoms with Crippen molar-refractivity contribution in [1.29, 1.82) is 0 Å². The number of halogens is 2. The first-order valence-electron chi connectivity index (χ1n) is 4.29. The second kappa shape index (κ2) is 7.01. The summed E-state index contributed by atoms with van der Waals surface area (Å²) in [5.74, 6) is 0.187. The van der Waals surface area contributed by atoms with E-state index in [9.17, 15) is 4.39 Å². The van der Waals surface area contributed by atoms with Crippen molar-refractivity contribution in [3.8, 4) is 0 Å². The van der Waals surface area contributed by atoms with E-state index in [0.717, 1.165) is 5.56 Å². The monoisotopic (exact) mass is 228 g/mol. The first-order valence-corrected chi connectivity index (χ1v) is 4.67. The van der Waals surface area contributed by atoms with E-state index in [1.165, 1.54) is 12.3 Å². The molecule has 0 atom stereocenters. The highest BCUT2D eigenvalue weighted by atomic mass is 35.5. The predicted octanol–water partition coefficient (Wildman–Crippen LogP) is 3.29. The van der Waals surface area contributed by atoms with E-state index < -0.39 is 0 Å². The summed E-state index contributed by atoms with van der Waals surface area (Å²) in [6, 6.07) is 4.63. The van der Waals surface area contributed by atoms with Crippen LogP contribution in [0.15, 0.2) is 36.0 Å². The number of rotatable bonds is 1. The van der Waals surface area contributed by atoms with E-state index in [0.29, 0.717) is 5.84 Å². The Labute approximate surface area is 94.3 Å². The van der Waals surface area contributed by atoms with Gasteiger partial charge in [-0.3, -0.25) is 0 Å². The number of hydrogen-bond acceptors (Lipinski definition) is 1. The summed E-state index contributed by atoms with van der Waals surface area (Å²) in [6.45, 7) is 6.91. The smallest absolute Gasteiger partial charge is 0.141 e. The summed E-state index contributed by atoms with van der Waals surface area (Å²) in [7, 11) is 0. The van der Waals surface area contributed by atoms with Crippen LogP contribution in [0.25, 0.3) is 0 Å². The number of benzene rings is 1. The summed E-state index contributed by atoms with van der Waals surface area (Å²) in [5.41, 5.74) is 6.06. The van der Waals surface area contributed by atoms with Crippen LogP contribution in [0.2, 0.25) is 5.02 Å². The third kappa shape index (κ3) is 6.69. The summed E-state index contributed by atoms with van der Waals surface area (Å²) < 4.78 is 12.4. The maximum atomic E-state index is 12.4. The molecule has 1 aromatic carbocycles. The zero-order valence-electron chi connectivity index (χ0n) is 8.80. The number of amidine groups is 1. The molecule has 0 heterocycles. The average molecular weight is 229 g/mol. The van der Waals surface area contributed by atoms with Crippen LogP contribution in [0.3, 0.4) is 0 Å². The number of aliphatic imine (C=N–C) groups is 1. The van der Waals surface area contributed by atoms with Crippen molar-refractivity contribution in [3.63, 3.8) is 0 Å². The summed E-state index contributed by atoms with van der Waals surface area (Å²) in [6.07, 6.45) is 1.41. The first-order chi connectivity index (χ1) is 6.97. The zero-order valence-corrected chi connectivity index (χ0v) is 9.55. The molecular weight excluding hydrogens is 215 g/mol. The van der Waals surface area contributed by atoms with Crippen molar-refractivity contribution in [1.82, 2.24) is 0 Å². The standard InChI is InChI=1S/C7H6ClF.C4H8N2/c1-5-2-3-7(9)6(8)4-5;1-3-6-4(2)5/h2-4H,1H3;3H,1H2,2H3,(H2,5,6). The normalized spacial score (nSPS) is 10.3. The molecule has 0 unspecified atom stereocenters. The summed E-state index contributed by atoms with van der Waals surface area (Å²) in [4.78, 5) is 3.58. The lowest BCUT2D eigenvalue weighted by Gasteiger charge is -1.93. The molecule has 0 aliphatic carbocycles. The molecule has 0 radical (unpaired) electrons. The Morgan fingerprint density at radius 3 is 2.47 bits per heavy atom. The van der Waals surface area contributed by atoms with Gasteiger partial charge in [-0.05, 0) is 31.5 Å². The Balaban J connectivity index is 0.000000288. The molecule has 0 aliphatic rings. The van der Waals surface area contributed by atoms with Gasteiger partial charge in [0, 0.05) is 6.20 Å². The largest absolute Gasteiger partial charge is 0.387 e. The molecule has 1 rings (SSSR count). The predicted molar refractivity (Wildman–Crippen MR) is 63.6 cm³/mol. The highest BCUT2D eigenvalue weighted by molar-refractivity contribution is 6.30. The Morgan fingerprint density at radius 1 is 1.60 bits per heavy atom. The molecule has 0 saturated carbocycles. The van der Waals surface area contributed by atoms with Crippen molar-refractivity contribution in [3.05, 3.63) is 47.4 Å². The molecule has 0 bridgehead atoms. The fraction of sp³-hybridized carbons (Fsp3) is 0.182. The van der Waals surface area contributed by atoms with E-state index in [4.69, 9.17) is 17.3 Å². The molecule has 2 nitrogen and oxygen atoms in total. The fourth-order valence-corrected chi connectivity index (χ4v) is 0.980. The number of aryl methyl sites for hydroxylation is 1. The Morgan fingerprint density at radius 2 is 2.20 bits per heavy atom. The van der Waals surface area contributed by atoms with Crippen molar-refractivity contribution < 1.29 is 4.39 Å². The van der Waals surface area contributed by atoms with Crippen LogP contribution < -0.4 is 5.73 Å². The molecule has 0 spiro atoms. The van der Waals surface area contributed by atoms with Gasteiger partial charge in [0.1, 0.15) is 5.82 Å². The van der Waals surface area contributed by atoms with Crippen molar-refractivity contribution in [2.45, 2.75) is 13.8 Å². The minimum atomic E-state index is -0.359. The second-order valence-electron chi connectivity index (χ2n) is 2.87. The quantitative estimate of drug-likeness (QED) is 0.581. The van der Waals surface area contributed by atoms with Gasteiger partial charge < -0.3 is 5.73 Å². The van der Waals surface area contributed by atoms with E-state index in [1.807, 2.05) is 6.92 Å². The van der Waals surface area contributed by atoms with Crippen LogP contribution in [0.5, 0.6) is 0 Å². The minimum absolute atomic E-state index is 0.190. The number of nitrogens with two attached hydrogens (primary N) is 1. The van der Waals surface area contributed by atoms with Crippen LogP contribution >= 0.6 is 11.6 Å². The zero-order chi connectivity index (χ0) is 11.8. The molecule has 0 amide bonds.